The van der Waals surface area contributed by atoms with Crippen molar-refractivity contribution >= 4 is 0 Å². The van der Waals surface area contributed by atoms with Gasteiger partial charge in [-0.05, 0) is 64.6 Å². The van der Waals surface area contributed by atoms with Crippen molar-refractivity contribution in [2.45, 2.75) is 69.1 Å². The molecular formula is C15H27N3. The fourth-order valence-corrected chi connectivity index (χ4v) is 4.84. The van der Waals surface area contributed by atoms with Gasteiger partial charge in [-0.3, -0.25) is 4.90 Å². The molecule has 0 radical (unpaired) electrons. The van der Waals surface area contributed by atoms with Gasteiger partial charge < -0.3 is 10.2 Å². The Labute approximate surface area is 111 Å². The molecule has 0 spiro atoms. The van der Waals surface area contributed by atoms with Gasteiger partial charge in [0.1, 0.15) is 0 Å². The standard InChI is InChI=1S/C15H27N3/c1-2-14-10-15(6-9-17(14)7-1)18-8-5-12-3-4-13(11-18)16-12/h12-16H,1-11H2. The molecule has 0 aliphatic carbocycles. The third-order valence-corrected chi connectivity index (χ3v) is 5.86. The molecule has 1 N–H and O–H groups in total. The second-order valence-electron chi connectivity index (χ2n) is 6.93. The van der Waals surface area contributed by atoms with Crippen molar-refractivity contribution < 1.29 is 0 Å². The average molecular weight is 249 g/mol. The minimum absolute atomic E-state index is 0.805. The fraction of sp³-hybridized carbons (Fsp3) is 1.00. The molecule has 4 aliphatic rings. The van der Waals surface area contributed by atoms with E-state index in [4.69, 9.17) is 0 Å². The van der Waals surface area contributed by atoms with Crippen LogP contribution < -0.4 is 5.32 Å². The lowest BCUT2D eigenvalue weighted by Gasteiger charge is -2.41. The van der Waals surface area contributed by atoms with Gasteiger partial charge in [0, 0.05) is 30.7 Å². The lowest BCUT2D eigenvalue weighted by molar-refractivity contribution is 0.0842. The van der Waals surface area contributed by atoms with E-state index >= 15 is 0 Å². The van der Waals surface area contributed by atoms with Crippen molar-refractivity contribution in [2.75, 3.05) is 26.2 Å². The maximum absolute atomic E-state index is 3.82. The Morgan fingerprint density at radius 2 is 1.56 bits per heavy atom. The van der Waals surface area contributed by atoms with Crippen LogP contribution in [0.25, 0.3) is 0 Å². The monoisotopic (exact) mass is 249 g/mol. The molecule has 0 amide bonds. The molecule has 18 heavy (non-hydrogen) atoms. The van der Waals surface area contributed by atoms with Crippen LogP contribution in [-0.2, 0) is 0 Å². The number of hydrogen-bond acceptors (Lipinski definition) is 3. The maximum atomic E-state index is 3.82. The van der Waals surface area contributed by atoms with Crippen LogP contribution in [0.5, 0.6) is 0 Å². The largest absolute Gasteiger partial charge is 0.310 e. The number of nitrogens with one attached hydrogen (secondary N) is 1. The zero-order valence-electron chi connectivity index (χ0n) is 11.5. The molecule has 0 aromatic heterocycles. The molecule has 3 heteroatoms. The molecule has 0 saturated carbocycles. The summed E-state index contributed by atoms with van der Waals surface area (Å²) in [6, 6.07) is 3.47. The van der Waals surface area contributed by atoms with Crippen molar-refractivity contribution in [1.82, 2.24) is 15.1 Å². The molecule has 4 rings (SSSR count). The van der Waals surface area contributed by atoms with Gasteiger partial charge >= 0.3 is 0 Å². The first kappa shape index (κ1) is 11.7. The van der Waals surface area contributed by atoms with E-state index in [1.165, 1.54) is 71.1 Å². The first-order chi connectivity index (χ1) is 8.88. The molecule has 4 heterocycles. The second kappa shape index (κ2) is 4.77. The minimum atomic E-state index is 0.805. The second-order valence-corrected chi connectivity index (χ2v) is 6.93. The Morgan fingerprint density at radius 3 is 2.56 bits per heavy atom. The minimum Gasteiger partial charge on any atom is -0.310 e. The Balaban J connectivity index is 1.40. The number of likely N-dealkylation sites (tertiary alicyclic amines) is 1. The van der Waals surface area contributed by atoms with Crippen LogP contribution in [0.15, 0.2) is 0 Å². The van der Waals surface area contributed by atoms with Gasteiger partial charge in [-0.25, -0.2) is 0 Å². The summed E-state index contributed by atoms with van der Waals surface area (Å²) in [5.41, 5.74) is 0. The van der Waals surface area contributed by atoms with E-state index in [2.05, 4.69) is 15.1 Å². The zero-order valence-corrected chi connectivity index (χ0v) is 11.5. The van der Waals surface area contributed by atoms with Gasteiger partial charge in [0.25, 0.3) is 0 Å². The summed E-state index contributed by atoms with van der Waals surface area (Å²) in [6.07, 6.45) is 10.0. The SMILES string of the molecule is C1CC2CC(N3CCC4CCC(C3)N4)CCN2C1. The summed E-state index contributed by atoms with van der Waals surface area (Å²) < 4.78 is 0. The molecular weight excluding hydrogens is 222 g/mol. The summed E-state index contributed by atoms with van der Waals surface area (Å²) >= 11 is 0. The quantitative estimate of drug-likeness (QED) is 0.758. The summed E-state index contributed by atoms with van der Waals surface area (Å²) in [7, 11) is 0. The topological polar surface area (TPSA) is 18.5 Å². The van der Waals surface area contributed by atoms with Gasteiger partial charge in [-0.2, -0.15) is 0 Å². The third kappa shape index (κ3) is 2.10. The molecule has 4 atom stereocenters. The van der Waals surface area contributed by atoms with Crippen LogP contribution in [0.1, 0.15) is 44.9 Å². The zero-order chi connectivity index (χ0) is 11.9. The van der Waals surface area contributed by atoms with E-state index < -0.39 is 0 Å². The van der Waals surface area contributed by atoms with Crippen LogP contribution in [0.3, 0.4) is 0 Å². The van der Waals surface area contributed by atoms with Gasteiger partial charge in [0.2, 0.25) is 0 Å². The molecule has 0 aromatic rings. The highest BCUT2D eigenvalue weighted by Crippen LogP contribution is 2.31. The van der Waals surface area contributed by atoms with Crippen LogP contribution in [0.4, 0.5) is 0 Å². The summed E-state index contributed by atoms with van der Waals surface area (Å²) in [4.78, 5) is 5.59. The van der Waals surface area contributed by atoms with Crippen LogP contribution in [0, 0.1) is 0 Å². The Hall–Kier alpha value is -0.120. The van der Waals surface area contributed by atoms with Crippen molar-refractivity contribution in [3.63, 3.8) is 0 Å². The fourth-order valence-electron chi connectivity index (χ4n) is 4.84. The molecule has 4 fully saturated rings. The first-order valence-corrected chi connectivity index (χ1v) is 8.12. The van der Waals surface area contributed by atoms with Crippen molar-refractivity contribution in [1.29, 1.82) is 0 Å². The molecule has 4 saturated heterocycles. The van der Waals surface area contributed by atoms with Crippen LogP contribution >= 0.6 is 0 Å². The van der Waals surface area contributed by atoms with E-state index in [-0.39, 0.29) is 0 Å². The van der Waals surface area contributed by atoms with E-state index in [1.54, 1.807) is 0 Å². The summed E-state index contributed by atoms with van der Waals surface area (Å²) in [5.74, 6) is 0. The van der Waals surface area contributed by atoms with E-state index in [1.807, 2.05) is 0 Å². The molecule has 4 aliphatic heterocycles. The highest BCUT2D eigenvalue weighted by molar-refractivity contribution is 4.95. The van der Waals surface area contributed by atoms with E-state index in [0.29, 0.717) is 0 Å². The predicted octanol–water partition coefficient (Wildman–Crippen LogP) is 1.44. The Bertz CT molecular complexity index is 306. The normalized spacial score (nSPS) is 46.0. The number of fused-ring (bicyclic) bond motifs is 3. The smallest absolute Gasteiger partial charge is 0.0198 e. The van der Waals surface area contributed by atoms with Crippen molar-refractivity contribution in [3.8, 4) is 0 Å². The highest BCUT2D eigenvalue weighted by atomic mass is 15.3. The lowest BCUT2D eigenvalue weighted by Crippen LogP contribution is -2.49. The Morgan fingerprint density at radius 1 is 0.722 bits per heavy atom. The highest BCUT2D eigenvalue weighted by Gasteiger charge is 2.37. The molecule has 2 bridgehead atoms. The maximum Gasteiger partial charge on any atom is 0.0198 e. The molecule has 3 nitrogen and oxygen atoms in total. The number of piperidine rings is 1. The van der Waals surface area contributed by atoms with Gasteiger partial charge in [-0.1, -0.05) is 0 Å². The number of nitrogens with zero attached hydrogens (tertiary/aromatic N) is 2. The summed E-state index contributed by atoms with van der Waals surface area (Å²) in [6.45, 7) is 5.43. The predicted molar refractivity (Wildman–Crippen MR) is 73.8 cm³/mol. The number of hydrogen-bond donors (Lipinski definition) is 1. The summed E-state index contributed by atoms with van der Waals surface area (Å²) in [5, 5.41) is 3.82. The molecule has 0 aromatic carbocycles. The van der Waals surface area contributed by atoms with Gasteiger partial charge in [0.15, 0.2) is 0 Å². The van der Waals surface area contributed by atoms with Crippen LogP contribution in [0.2, 0.25) is 0 Å². The number of rotatable bonds is 1. The van der Waals surface area contributed by atoms with E-state index in [0.717, 1.165) is 24.2 Å². The van der Waals surface area contributed by atoms with Crippen molar-refractivity contribution in [3.05, 3.63) is 0 Å². The lowest BCUT2D eigenvalue weighted by atomic mass is 9.95. The van der Waals surface area contributed by atoms with Gasteiger partial charge in [0.05, 0.1) is 0 Å². The van der Waals surface area contributed by atoms with E-state index in [9.17, 15) is 0 Å². The molecule has 102 valence electrons. The van der Waals surface area contributed by atoms with Crippen molar-refractivity contribution in [2.24, 2.45) is 0 Å². The average Bonchev–Trinajstić information content (AvgIpc) is 2.95. The Kier molecular flexibility index (Phi) is 3.10. The molecule has 4 unspecified atom stereocenters. The van der Waals surface area contributed by atoms with Gasteiger partial charge in [-0.15, -0.1) is 0 Å². The first-order valence-electron chi connectivity index (χ1n) is 8.12. The third-order valence-electron chi connectivity index (χ3n) is 5.86. The van der Waals surface area contributed by atoms with Crippen LogP contribution in [-0.4, -0.2) is 60.1 Å².